The Morgan fingerprint density at radius 2 is 2.00 bits per heavy atom. The van der Waals surface area contributed by atoms with E-state index in [9.17, 15) is 4.79 Å². The summed E-state index contributed by atoms with van der Waals surface area (Å²) in [6.45, 7) is 1.39. The number of hydrogen-bond acceptors (Lipinski definition) is 5. The van der Waals surface area contributed by atoms with Crippen LogP contribution in [0.4, 0.5) is 0 Å². The number of carbonyl (C=O) groups excluding carboxylic acids is 1. The van der Waals surface area contributed by atoms with Crippen LogP contribution in [-0.4, -0.2) is 46.4 Å². The maximum Gasteiger partial charge on any atom is 0.246 e. The van der Waals surface area contributed by atoms with Gasteiger partial charge in [0.25, 0.3) is 0 Å². The van der Waals surface area contributed by atoms with Gasteiger partial charge in [-0.3, -0.25) is 4.79 Å². The van der Waals surface area contributed by atoms with Crippen LogP contribution >= 0.6 is 0 Å². The van der Waals surface area contributed by atoms with Crippen molar-refractivity contribution in [2.24, 2.45) is 5.73 Å². The SMILES string of the molecule is COc1ccc(CCNC(=O)COCCN)cc1OC. The van der Waals surface area contributed by atoms with Crippen molar-refractivity contribution in [3.05, 3.63) is 23.8 Å². The highest BCUT2D eigenvalue weighted by Gasteiger charge is 2.05. The second kappa shape index (κ2) is 9.17. The number of hydrogen-bond donors (Lipinski definition) is 2. The molecular weight excluding hydrogens is 260 g/mol. The van der Waals surface area contributed by atoms with Gasteiger partial charge in [0.1, 0.15) is 6.61 Å². The molecule has 1 aromatic rings. The molecule has 0 saturated heterocycles. The molecule has 1 aromatic carbocycles. The van der Waals surface area contributed by atoms with Crippen molar-refractivity contribution in [2.45, 2.75) is 6.42 Å². The van der Waals surface area contributed by atoms with Gasteiger partial charge in [-0.1, -0.05) is 6.07 Å². The first-order chi connectivity index (χ1) is 9.71. The Kier molecular flexibility index (Phi) is 7.46. The molecule has 0 unspecified atom stereocenters. The minimum Gasteiger partial charge on any atom is -0.493 e. The van der Waals surface area contributed by atoms with E-state index in [2.05, 4.69) is 5.32 Å². The summed E-state index contributed by atoms with van der Waals surface area (Å²) < 4.78 is 15.4. The number of amides is 1. The summed E-state index contributed by atoms with van der Waals surface area (Å²) in [5, 5.41) is 2.78. The summed E-state index contributed by atoms with van der Waals surface area (Å²) in [5.74, 6) is 1.23. The highest BCUT2D eigenvalue weighted by molar-refractivity contribution is 5.77. The van der Waals surface area contributed by atoms with Crippen LogP contribution in [0.2, 0.25) is 0 Å². The zero-order valence-corrected chi connectivity index (χ0v) is 12.0. The minimum atomic E-state index is -0.140. The minimum absolute atomic E-state index is 0.0448. The lowest BCUT2D eigenvalue weighted by Gasteiger charge is -2.10. The average Bonchev–Trinajstić information content (AvgIpc) is 2.47. The molecule has 0 atom stereocenters. The van der Waals surface area contributed by atoms with Gasteiger partial charge in [0, 0.05) is 13.1 Å². The lowest BCUT2D eigenvalue weighted by Crippen LogP contribution is -2.30. The normalized spacial score (nSPS) is 10.2. The molecule has 3 N–H and O–H groups in total. The highest BCUT2D eigenvalue weighted by Crippen LogP contribution is 2.27. The standard InChI is InChI=1S/C14H22N2O4/c1-18-12-4-3-11(9-13(12)19-2)5-7-16-14(17)10-20-8-6-15/h3-4,9H,5-8,10,15H2,1-2H3,(H,16,17). The van der Waals surface area contributed by atoms with E-state index in [-0.39, 0.29) is 12.5 Å². The Labute approximate surface area is 119 Å². The fraction of sp³-hybridized carbons (Fsp3) is 0.500. The van der Waals surface area contributed by atoms with E-state index in [0.29, 0.717) is 37.6 Å². The zero-order chi connectivity index (χ0) is 14.8. The van der Waals surface area contributed by atoms with E-state index < -0.39 is 0 Å². The Morgan fingerprint density at radius 3 is 2.65 bits per heavy atom. The van der Waals surface area contributed by atoms with Crippen molar-refractivity contribution in [3.63, 3.8) is 0 Å². The van der Waals surface area contributed by atoms with Gasteiger partial charge >= 0.3 is 0 Å². The summed E-state index contributed by atoms with van der Waals surface area (Å²) in [5.41, 5.74) is 6.32. The van der Waals surface area contributed by atoms with Crippen LogP contribution in [0.25, 0.3) is 0 Å². The van der Waals surface area contributed by atoms with Gasteiger partial charge in [0.15, 0.2) is 11.5 Å². The monoisotopic (exact) mass is 282 g/mol. The van der Waals surface area contributed by atoms with Crippen LogP contribution < -0.4 is 20.5 Å². The predicted molar refractivity (Wildman–Crippen MR) is 76.1 cm³/mol. The molecule has 20 heavy (non-hydrogen) atoms. The Hall–Kier alpha value is -1.79. The first-order valence-corrected chi connectivity index (χ1v) is 6.46. The van der Waals surface area contributed by atoms with Crippen molar-refractivity contribution in [3.8, 4) is 11.5 Å². The van der Waals surface area contributed by atoms with Crippen molar-refractivity contribution < 1.29 is 19.0 Å². The zero-order valence-electron chi connectivity index (χ0n) is 12.0. The number of nitrogens with one attached hydrogen (secondary N) is 1. The molecule has 0 fully saturated rings. The molecule has 0 saturated carbocycles. The van der Waals surface area contributed by atoms with Crippen LogP contribution in [0.1, 0.15) is 5.56 Å². The molecule has 0 aliphatic heterocycles. The quantitative estimate of drug-likeness (QED) is 0.638. The maximum atomic E-state index is 11.4. The molecule has 0 aliphatic carbocycles. The van der Waals surface area contributed by atoms with Gasteiger partial charge in [-0.2, -0.15) is 0 Å². The molecule has 0 bridgehead atoms. The molecule has 0 aliphatic rings. The summed E-state index contributed by atoms with van der Waals surface area (Å²) in [6, 6.07) is 5.69. The molecule has 0 heterocycles. The van der Waals surface area contributed by atoms with Gasteiger partial charge in [-0.05, 0) is 24.1 Å². The first kappa shape index (κ1) is 16.3. The summed E-state index contributed by atoms with van der Waals surface area (Å²) in [4.78, 5) is 11.4. The molecular formula is C14H22N2O4. The fourth-order valence-corrected chi connectivity index (χ4v) is 1.68. The van der Waals surface area contributed by atoms with Gasteiger partial charge in [-0.15, -0.1) is 0 Å². The van der Waals surface area contributed by atoms with Crippen LogP contribution in [0.5, 0.6) is 11.5 Å². The second-order valence-corrected chi connectivity index (χ2v) is 4.13. The molecule has 1 amide bonds. The third kappa shape index (κ3) is 5.46. The Bertz CT molecular complexity index is 424. The molecule has 0 aromatic heterocycles. The van der Waals surface area contributed by atoms with E-state index in [4.69, 9.17) is 19.9 Å². The number of carbonyl (C=O) groups is 1. The lowest BCUT2D eigenvalue weighted by molar-refractivity contribution is -0.125. The molecule has 0 radical (unpaired) electrons. The molecule has 1 rings (SSSR count). The summed E-state index contributed by atoms with van der Waals surface area (Å²) in [7, 11) is 3.19. The number of nitrogens with two attached hydrogens (primary N) is 1. The first-order valence-electron chi connectivity index (χ1n) is 6.46. The third-order valence-corrected chi connectivity index (χ3v) is 2.68. The summed E-state index contributed by atoms with van der Waals surface area (Å²) in [6.07, 6.45) is 0.711. The van der Waals surface area contributed by atoms with Gasteiger partial charge < -0.3 is 25.3 Å². The molecule has 6 heteroatoms. The largest absolute Gasteiger partial charge is 0.493 e. The smallest absolute Gasteiger partial charge is 0.246 e. The van der Waals surface area contributed by atoms with Crippen LogP contribution in [0, 0.1) is 0 Å². The average molecular weight is 282 g/mol. The fourth-order valence-electron chi connectivity index (χ4n) is 1.68. The second-order valence-electron chi connectivity index (χ2n) is 4.13. The highest BCUT2D eigenvalue weighted by atomic mass is 16.5. The number of ether oxygens (including phenoxy) is 3. The third-order valence-electron chi connectivity index (χ3n) is 2.68. The Balaban J connectivity index is 2.36. The topological polar surface area (TPSA) is 82.8 Å². The van der Waals surface area contributed by atoms with Crippen LogP contribution in [0.15, 0.2) is 18.2 Å². The van der Waals surface area contributed by atoms with Crippen molar-refractivity contribution >= 4 is 5.91 Å². The molecule has 0 spiro atoms. The van der Waals surface area contributed by atoms with Crippen molar-refractivity contribution in [1.82, 2.24) is 5.32 Å². The van der Waals surface area contributed by atoms with E-state index in [0.717, 1.165) is 5.56 Å². The van der Waals surface area contributed by atoms with Crippen LogP contribution in [0.3, 0.4) is 0 Å². The van der Waals surface area contributed by atoms with Crippen LogP contribution in [-0.2, 0) is 16.0 Å². The van der Waals surface area contributed by atoms with Gasteiger partial charge in [0.2, 0.25) is 5.91 Å². The van der Waals surface area contributed by atoms with Crippen molar-refractivity contribution in [2.75, 3.05) is 40.5 Å². The van der Waals surface area contributed by atoms with Gasteiger partial charge in [-0.25, -0.2) is 0 Å². The lowest BCUT2D eigenvalue weighted by atomic mass is 10.1. The van der Waals surface area contributed by atoms with E-state index in [1.165, 1.54) is 0 Å². The Morgan fingerprint density at radius 1 is 1.25 bits per heavy atom. The van der Waals surface area contributed by atoms with Gasteiger partial charge in [0.05, 0.1) is 20.8 Å². The number of methoxy groups -OCH3 is 2. The molecule has 112 valence electrons. The van der Waals surface area contributed by atoms with Crippen molar-refractivity contribution in [1.29, 1.82) is 0 Å². The van der Waals surface area contributed by atoms with E-state index in [1.54, 1.807) is 14.2 Å². The summed E-state index contributed by atoms with van der Waals surface area (Å²) >= 11 is 0. The number of rotatable bonds is 9. The van der Waals surface area contributed by atoms with E-state index >= 15 is 0 Å². The molecule has 6 nitrogen and oxygen atoms in total. The maximum absolute atomic E-state index is 11.4. The number of benzene rings is 1. The van der Waals surface area contributed by atoms with E-state index in [1.807, 2.05) is 18.2 Å². The predicted octanol–water partition coefficient (Wildman–Crippen LogP) is 0.338.